The van der Waals surface area contributed by atoms with Crippen LogP contribution in [0.25, 0.3) is 0 Å². The van der Waals surface area contributed by atoms with Crippen LogP contribution in [-0.4, -0.2) is 62.8 Å². The number of hydrogen-bond acceptors (Lipinski definition) is 5. The lowest BCUT2D eigenvalue weighted by molar-refractivity contribution is -0.136. The van der Waals surface area contributed by atoms with Crippen LogP contribution in [0, 0.1) is 5.92 Å². The maximum absolute atomic E-state index is 12.6. The number of halogens is 1. The van der Waals surface area contributed by atoms with Crippen LogP contribution in [0.1, 0.15) is 6.42 Å². The molecule has 6 nitrogen and oxygen atoms in total. The van der Waals surface area contributed by atoms with Crippen molar-refractivity contribution >= 4 is 38.9 Å². The van der Waals surface area contributed by atoms with Gasteiger partial charge in [0, 0.05) is 39.3 Å². The van der Waals surface area contributed by atoms with Gasteiger partial charge in [0.25, 0.3) is 10.0 Å². The fourth-order valence-electron chi connectivity index (χ4n) is 2.64. The van der Waals surface area contributed by atoms with Crippen molar-refractivity contribution in [1.29, 1.82) is 0 Å². The van der Waals surface area contributed by atoms with Crippen LogP contribution < -0.4 is 5.32 Å². The van der Waals surface area contributed by atoms with E-state index in [-0.39, 0.29) is 16.0 Å². The highest BCUT2D eigenvalue weighted by Crippen LogP contribution is 2.28. The summed E-state index contributed by atoms with van der Waals surface area (Å²) in [5.41, 5.74) is 0. The molecule has 3 heterocycles. The summed E-state index contributed by atoms with van der Waals surface area (Å²) in [6.07, 6.45) is 0.657. The number of hydrogen-bond donors (Lipinski definition) is 1. The van der Waals surface area contributed by atoms with Crippen LogP contribution in [0.2, 0.25) is 4.34 Å². The molecule has 2 saturated heterocycles. The van der Waals surface area contributed by atoms with E-state index >= 15 is 0 Å². The van der Waals surface area contributed by atoms with E-state index in [1.54, 1.807) is 11.0 Å². The lowest BCUT2D eigenvalue weighted by atomic mass is 10.0. The number of nitrogens with zero attached hydrogens (tertiary/aromatic N) is 2. The molecule has 0 atom stereocenters. The van der Waals surface area contributed by atoms with Crippen LogP contribution in [-0.2, 0) is 14.8 Å². The van der Waals surface area contributed by atoms with Gasteiger partial charge in [-0.05, 0) is 18.6 Å². The molecule has 1 amide bonds. The molecule has 2 fully saturated rings. The Bertz CT molecular complexity index is 657. The minimum atomic E-state index is -3.51. The lowest BCUT2D eigenvalue weighted by Crippen LogP contribution is -2.52. The molecular weight excluding hydrogens is 346 g/mol. The first-order chi connectivity index (χ1) is 10.5. The quantitative estimate of drug-likeness (QED) is 0.864. The Morgan fingerprint density at radius 3 is 2.59 bits per heavy atom. The van der Waals surface area contributed by atoms with Gasteiger partial charge in [-0.1, -0.05) is 11.6 Å². The summed E-state index contributed by atoms with van der Waals surface area (Å²) < 4.78 is 27.4. The summed E-state index contributed by atoms with van der Waals surface area (Å²) in [5, 5.41) is 3.09. The van der Waals surface area contributed by atoms with Crippen LogP contribution in [0.15, 0.2) is 16.3 Å². The maximum atomic E-state index is 12.6. The fraction of sp³-hybridized carbons (Fsp3) is 0.615. The SMILES string of the molecule is O=C(C1CNC1)N1CCCN(S(=O)(=O)c2ccc(Cl)s2)CC1. The second-order valence-corrected chi connectivity index (χ2v) is 9.38. The van der Waals surface area contributed by atoms with Crippen molar-refractivity contribution in [2.24, 2.45) is 5.92 Å². The summed E-state index contributed by atoms with van der Waals surface area (Å²) in [4.78, 5) is 14.1. The molecule has 0 saturated carbocycles. The van der Waals surface area contributed by atoms with Gasteiger partial charge in [-0.25, -0.2) is 8.42 Å². The average Bonchev–Trinajstić information content (AvgIpc) is 2.72. The first-order valence-electron chi connectivity index (χ1n) is 7.23. The number of amides is 1. The van der Waals surface area contributed by atoms with Gasteiger partial charge in [0.1, 0.15) is 4.21 Å². The van der Waals surface area contributed by atoms with Crippen LogP contribution in [0.5, 0.6) is 0 Å². The van der Waals surface area contributed by atoms with Crippen molar-refractivity contribution in [3.8, 4) is 0 Å². The van der Waals surface area contributed by atoms with Crippen molar-refractivity contribution in [3.63, 3.8) is 0 Å². The Hall–Kier alpha value is -0.670. The Labute approximate surface area is 139 Å². The molecule has 0 radical (unpaired) electrons. The number of carbonyl (C=O) groups excluding carboxylic acids is 1. The van der Waals surface area contributed by atoms with Crippen LogP contribution in [0.3, 0.4) is 0 Å². The van der Waals surface area contributed by atoms with Gasteiger partial charge in [0.15, 0.2) is 0 Å². The predicted molar refractivity (Wildman–Crippen MR) is 85.6 cm³/mol. The van der Waals surface area contributed by atoms with Gasteiger partial charge in [0.05, 0.1) is 10.3 Å². The highest BCUT2D eigenvalue weighted by Gasteiger charge is 2.33. The molecule has 3 rings (SSSR count). The minimum Gasteiger partial charge on any atom is -0.341 e. The van der Waals surface area contributed by atoms with Gasteiger partial charge in [-0.3, -0.25) is 4.79 Å². The molecule has 22 heavy (non-hydrogen) atoms. The normalized spacial score (nSPS) is 21.4. The smallest absolute Gasteiger partial charge is 0.252 e. The molecule has 0 aliphatic carbocycles. The molecule has 1 aromatic heterocycles. The first kappa shape index (κ1) is 16.2. The number of rotatable bonds is 3. The zero-order valence-corrected chi connectivity index (χ0v) is 14.4. The summed E-state index contributed by atoms with van der Waals surface area (Å²) in [6, 6.07) is 3.13. The van der Waals surface area contributed by atoms with E-state index in [2.05, 4.69) is 5.32 Å². The number of carbonyl (C=O) groups is 1. The third-order valence-corrected chi connectivity index (χ3v) is 7.64. The molecule has 0 unspecified atom stereocenters. The fourth-order valence-corrected chi connectivity index (χ4v) is 5.75. The second kappa shape index (κ2) is 6.45. The number of sulfonamides is 1. The van der Waals surface area contributed by atoms with Crippen molar-refractivity contribution < 1.29 is 13.2 Å². The van der Waals surface area contributed by atoms with E-state index in [1.807, 2.05) is 0 Å². The van der Waals surface area contributed by atoms with E-state index in [0.29, 0.717) is 36.9 Å². The van der Waals surface area contributed by atoms with Crippen LogP contribution >= 0.6 is 22.9 Å². The summed E-state index contributed by atoms with van der Waals surface area (Å²) in [5.74, 6) is 0.191. The van der Waals surface area contributed by atoms with Gasteiger partial charge in [-0.15, -0.1) is 11.3 Å². The van der Waals surface area contributed by atoms with E-state index in [1.165, 1.54) is 10.4 Å². The summed E-state index contributed by atoms with van der Waals surface area (Å²) in [7, 11) is -3.51. The van der Waals surface area contributed by atoms with Crippen molar-refractivity contribution in [3.05, 3.63) is 16.5 Å². The molecule has 1 aromatic rings. The predicted octanol–water partition coefficient (Wildman–Crippen LogP) is 0.844. The van der Waals surface area contributed by atoms with Crippen molar-refractivity contribution in [2.45, 2.75) is 10.6 Å². The maximum Gasteiger partial charge on any atom is 0.252 e. The number of thiophene rings is 1. The zero-order valence-electron chi connectivity index (χ0n) is 12.0. The first-order valence-corrected chi connectivity index (χ1v) is 9.87. The van der Waals surface area contributed by atoms with E-state index in [0.717, 1.165) is 24.4 Å². The molecule has 1 N–H and O–H groups in total. The number of nitrogens with one attached hydrogen (secondary N) is 1. The van der Waals surface area contributed by atoms with Crippen molar-refractivity contribution in [2.75, 3.05) is 39.3 Å². The van der Waals surface area contributed by atoms with Gasteiger partial charge in [0.2, 0.25) is 5.91 Å². The molecule has 0 spiro atoms. The largest absolute Gasteiger partial charge is 0.341 e. The van der Waals surface area contributed by atoms with Gasteiger partial charge < -0.3 is 10.2 Å². The van der Waals surface area contributed by atoms with Gasteiger partial charge >= 0.3 is 0 Å². The van der Waals surface area contributed by atoms with Crippen LogP contribution in [0.4, 0.5) is 0 Å². The molecule has 0 bridgehead atoms. The highest BCUT2D eigenvalue weighted by molar-refractivity contribution is 7.91. The Morgan fingerprint density at radius 2 is 2.00 bits per heavy atom. The Balaban J connectivity index is 1.68. The Morgan fingerprint density at radius 1 is 1.23 bits per heavy atom. The molecule has 122 valence electrons. The van der Waals surface area contributed by atoms with E-state index < -0.39 is 10.0 Å². The van der Waals surface area contributed by atoms with E-state index in [9.17, 15) is 13.2 Å². The third-order valence-electron chi connectivity index (χ3n) is 4.04. The highest BCUT2D eigenvalue weighted by atomic mass is 35.5. The molecule has 0 aromatic carbocycles. The average molecular weight is 364 g/mol. The van der Waals surface area contributed by atoms with Crippen molar-refractivity contribution in [1.82, 2.24) is 14.5 Å². The second-order valence-electron chi connectivity index (χ2n) is 5.50. The third kappa shape index (κ3) is 3.16. The molecular formula is C13H18ClN3O3S2. The molecule has 9 heteroatoms. The van der Waals surface area contributed by atoms with E-state index in [4.69, 9.17) is 11.6 Å². The summed E-state index contributed by atoms with van der Waals surface area (Å²) in [6.45, 7) is 3.30. The Kier molecular flexibility index (Phi) is 4.75. The minimum absolute atomic E-state index is 0.0549. The standard InChI is InChI=1S/C13H18ClN3O3S2/c14-11-2-3-12(21-11)22(19,20)17-5-1-4-16(6-7-17)13(18)10-8-15-9-10/h2-3,10,15H,1,4-9H2. The molecule has 2 aliphatic heterocycles. The van der Waals surface area contributed by atoms with Gasteiger partial charge in [-0.2, -0.15) is 4.31 Å². The lowest BCUT2D eigenvalue weighted by Gasteiger charge is -2.31. The monoisotopic (exact) mass is 363 g/mol. The zero-order chi connectivity index (χ0) is 15.7. The topological polar surface area (TPSA) is 69.7 Å². The molecule has 2 aliphatic rings. The summed E-state index contributed by atoms with van der Waals surface area (Å²) >= 11 is 6.90.